The lowest BCUT2D eigenvalue weighted by Crippen LogP contribution is -2.39. The molecule has 2 N–H and O–H groups in total. The SMILES string of the molecule is N#CC1c2ccccc2CCN1CC1=CCC(c2cc(F)c(F)cc2F)C(N)C1. The van der Waals surface area contributed by atoms with Crippen molar-refractivity contribution in [3.63, 3.8) is 0 Å². The molecule has 6 heteroatoms. The molecule has 1 aliphatic carbocycles. The summed E-state index contributed by atoms with van der Waals surface area (Å²) in [4.78, 5) is 2.14. The highest BCUT2D eigenvalue weighted by atomic mass is 19.2. The molecule has 2 aromatic rings. The summed E-state index contributed by atoms with van der Waals surface area (Å²) in [5.41, 5.74) is 9.76. The minimum absolute atomic E-state index is 0.119. The van der Waals surface area contributed by atoms with E-state index in [4.69, 9.17) is 5.73 Å². The average Bonchev–Trinajstić information content (AvgIpc) is 2.71. The van der Waals surface area contributed by atoms with E-state index < -0.39 is 29.4 Å². The molecule has 29 heavy (non-hydrogen) atoms. The monoisotopic (exact) mass is 397 g/mol. The second kappa shape index (κ2) is 8.02. The Bertz CT molecular complexity index is 995. The first kappa shape index (κ1) is 19.7. The second-order valence-corrected chi connectivity index (χ2v) is 7.81. The van der Waals surface area contributed by atoms with Crippen molar-refractivity contribution in [2.75, 3.05) is 13.1 Å². The van der Waals surface area contributed by atoms with E-state index in [0.29, 0.717) is 25.5 Å². The normalized spacial score (nSPS) is 24.5. The molecule has 3 nitrogen and oxygen atoms in total. The number of hydrogen-bond acceptors (Lipinski definition) is 3. The zero-order valence-corrected chi connectivity index (χ0v) is 15.9. The minimum Gasteiger partial charge on any atom is -0.327 e. The van der Waals surface area contributed by atoms with Gasteiger partial charge in [-0.3, -0.25) is 4.90 Å². The highest BCUT2D eigenvalue weighted by Gasteiger charge is 2.31. The predicted octanol–water partition coefficient (Wildman–Crippen LogP) is 4.36. The molecule has 1 aliphatic heterocycles. The Morgan fingerprint density at radius 1 is 1.07 bits per heavy atom. The zero-order chi connectivity index (χ0) is 20.5. The standard InChI is InChI=1S/C23H22F3N3/c24-19-11-21(26)20(25)10-18(19)17-6-5-14(9-22(17)28)13-29-8-7-15-3-1-2-4-16(15)23(29)12-27/h1-5,10-11,17,22-23H,6-9,13,28H2. The van der Waals surface area contributed by atoms with E-state index in [0.717, 1.165) is 30.2 Å². The fraction of sp³-hybridized carbons (Fsp3) is 0.348. The van der Waals surface area contributed by atoms with Crippen molar-refractivity contribution >= 4 is 0 Å². The fourth-order valence-electron chi connectivity index (χ4n) is 4.51. The van der Waals surface area contributed by atoms with Crippen LogP contribution in [0, 0.1) is 28.8 Å². The van der Waals surface area contributed by atoms with Gasteiger partial charge in [0.2, 0.25) is 0 Å². The van der Waals surface area contributed by atoms with E-state index in [1.807, 2.05) is 24.3 Å². The number of halogens is 3. The number of nitrogens with two attached hydrogens (primary N) is 1. The molecule has 4 rings (SSSR count). The van der Waals surface area contributed by atoms with Gasteiger partial charge in [-0.05, 0) is 42.0 Å². The highest BCUT2D eigenvalue weighted by Crippen LogP contribution is 2.36. The second-order valence-electron chi connectivity index (χ2n) is 7.81. The molecule has 0 bridgehead atoms. The van der Waals surface area contributed by atoms with Crippen molar-refractivity contribution in [3.8, 4) is 6.07 Å². The number of fused-ring (bicyclic) bond motifs is 1. The Morgan fingerprint density at radius 3 is 2.59 bits per heavy atom. The third-order valence-electron chi connectivity index (χ3n) is 6.03. The molecule has 3 atom stereocenters. The Labute approximate surface area is 168 Å². The maximum absolute atomic E-state index is 14.2. The lowest BCUT2D eigenvalue weighted by atomic mass is 9.80. The van der Waals surface area contributed by atoms with Gasteiger partial charge in [0.05, 0.1) is 6.07 Å². The van der Waals surface area contributed by atoms with Gasteiger partial charge in [-0.25, -0.2) is 13.2 Å². The van der Waals surface area contributed by atoms with Crippen molar-refractivity contribution in [1.29, 1.82) is 5.26 Å². The Kier molecular flexibility index (Phi) is 5.44. The Balaban J connectivity index is 1.51. The van der Waals surface area contributed by atoms with Crippen LogP contribution in [-0.2, 0) is 6.42 Å². The molecule has 2 aliphatic rings. The van der Waals surface area contributed by atoms with Gasteiger partial charge < -0.3 is 5.73 Å². The van der Waals surface area contributed by atoms with Crippen LogP contribution in [0.1, 0.15) is 41.5 Å². The fourth-order valence-corrected chi connectivity index (χ4v) is 4.51. The lowest BCUT2D eigenvalue weighted by Gasteiger charge is -2.36. The van der Waals surface area contributed by atoms with E-state index in [9.17, 15) is 18.4 Å². The quantitative estimate of drug-likeness (QED) is 0.619. The van der Waals surface area contributed by atoms with Gasteiger partial charge in [-0.2, -0.15) is 5.26 Å². The number of nitrogens with zero attached hydrogens (tertiary/aromatic N) is 2. The molecule has 0 fully saturated rings. The molecule has 0 saturated carbocycles. The van der Waals surface area contributed by atoms with Crippen LogP contribution in [0.25, 0.3) is 0 Å². The summed E-state index contributed by atoms with van der Waals surface area (Å²) in [6, 6.07) is 11.2. The molecule has 1 heterocycles. The van der Waals surface area contributed by atoms with Crippen molar-refractivity contribution in [2.45, 2.75) is 37.3 Å². The summed E-state index contributed by atoms with van der Waals surface area (Å²) >= 11 is 0. The summed E-state index contributed by atoms with van der Waals surface area (Å²) in [5.74, 6) is -3.42. The molecule has 0 radical (unpaired) electrons. The Hall–Kier alpha value is -2.62. The van der Waals surface area contributed by atoms with Gasteiger partial charge in [0, 0.05) is 31.1 Å². The average molecular weight is 397 g/mol. The molecule has 0 amide bonds. The molecule has 0 saturated heterocycles. The van der Waals surface area contributed by atoms with Gasteiger partial charge >= 0.3 is 0 Å². The van der Waals surface area contributed by atoms with Crippen LogP contribution in [0.15, 0.2) is 48.0 Å². The summed E-state index contributed by atoms with van der Waals surface area (Å²) in [5, 5.41) is 9.72. The summed E-state index contributed by atoms with van der Waals surface area (Å²) < 4.78 is 41.0. The van der Waals surface area contributed by atoms with Crippen LogP contribution >= 0.6 is 0 Å². The van der Waals surface area contributed by atoms with Gasteiger partial charge in [0.15, 0.2) is 11.6 Å². The smallest absolute Gasteiger partial charge is 0.161 e. The lowest BCUT2D eigenvalue weighted by molar-refractivity contribution is 0.238. The summed E-state index contributed by atoms with van der Waals surface area (Å²) in [6.45, 7) is 1.40. The van der Waals surface area contributed by atoms with Gasteiger partial charge in [0.25, 0.3) is 0 Å². The highest BCUT2D eigenvalue weighted by molar-refractivity contribution is 5.36. The van der Waals surface area contributed by atoms with E-state index in [1.165, 1.54) is 5.56 Å². The van der Waals surface area contributed by atoms with E-state index >= 15 is 0 Å². The topological polar surface area (TPSA) is 53.0 Å². The maximum atomic E-state index is 14.2. The van der Waals surface area contributed by atoms with Crippen molar-refractivity contribution in [2.24, 2.45) is 5.73 Å². The molecule has 3 unspecified atom stereocenters. The van der Waals surface area contributed by atoms with Crippen LogP contribution < -0.4 is 5.73 Å². The minimum atomic E-state index is -1.19. The van der Waals surface area contributed by atoms with Gasteiger partial charge in [-0.1, -0.05) is 35.9 Å². The zero-order valence-electron chi connectivity index (χ0n) is 15.9. The number of rotatable bonds is 3. The summed E-state index contributed by atoms with van der Waals surface area (Å²) in [7, 11) is 0. The van der Waals surface area contributed by atoms with Crippen LogP contribution in [0.2, 0.25) is 0 Å². The van der Waals surface area contributed by atoms with Crippen molar-refractivity contribution in [3.05, 3.63) is 82.2 Å². The van der Waals surface area contributed by atoms with Crippen LogP contribution in [0.5, 0.6) is 0 Å². The van der Waals surface area contributed by atoms with Crippen molar-refractivity contribution in [1.82, 2.24) is 4.90 Å². The largest absolute Gasteiger partial charge is 0.327 e. The van der Waals surface area contributed by atoms with Crippen molar-refractivity contribution < 1.29 is 13.2 Å². The molecular formula is C23H22F3N3. The first-order chi connectivity index (χ1) is 14.0. The molecular weight excluding hydrogens is 375 g/mol. The Morgan fingerprint density at radius 2 is 1.83 bits per heavy atom. The van der Waals surface area contributed by atoms with Crippen LogP contribution in [-0.4, -0.2) is 24.0 Å². The first-order valence-electron chi connectivity index (χ1n) is 9.77. The number of allylic oxidation sites excluding steroid dienone is 1. The molecule has 2 aromatic carbocycles. The van der Waals surface area contributed by atoms with Gasteiger partial charge in [0.1, 0.15) is 11.9 Å². The predicted molar refractivity (Wildman–Crippen MR) is 104 cm³/mol. The molecule has 150 valence electrons. The number of hydrogen-bond donors (Lipinski definition) is 1. The third-order valence-corrected chi connectivity index (χ3v) is 6.03. The number of nitriles is 1. The maximum Gasteiger partial charge on any atom is 0.161 e. The molecule has 0 spiro atoms. The van der Waals surface area contributed by atoms with Crippen LogP contribution in [0.4, 0.5) is 13.2 Å². The number of benzene rings is 2. The first-order valence-corrected chi connectivity index (χ1v) is 9.77. The van der Waals surface area contributed by atoms with Crippen LogP contribution in [0.3, 0.4) is 0 Å². The van der Waals surface area contributed by atoms with E-state index in [2.05, 4.69) is 17.0 Å². The van der Waals surface area contributed by atoms with E-state index in [1.54, 1.807) is 0 Å². The molecule has 0 aromatic heterocycles. The van der Waals surface area contributed by atoms with E-state index in [-0.39, 0.29) is 11.6 Å². The third kappa shape index (κ3) is 3.81. The van der Waals surface area contributed by atoms with Gasteiger partial charge in [-0.15, -0.1) is 0 Å². The summed E-state index contributed by atoms with van der Waals surface area (Å²) in [6.07, 6.45) is 3.87.